The van der Waals surface area contributed by atoms with Crippen LogP contribution in [0.3, 0.4) is 0 Å². The Labute approximate surface area is 96.8 Å². The van der Waals surface area contributed by atoms with Crippen LogP contribution in [0.25, 0.3) is 0 Å². The molecule has 0 radical (unpaired) electrons. The number of furan rings is 1. The minimum atomic E-state index is -1.09. The maximum absolute atomic E-state index is 11.4. The van der Waals surface area contributed by atoms with E-state index in [-0.39, 0.29) is 42.5 Å². The van der Waals surface area contributed by atoms with E-state index in [9.17, 15) is 14.4 Å². The molecule has 1 N–H and O–H groups in total. The number of hydrogen-bond donors (Lipinski definition) is 1. The molecule has 1 aliphatic rings. The molecule has 0 aromatic carbocycles. The summed E-state index contributed by atoms with van der Waals surface area (Å²) in [5.41, 5.74) is 0.0547. The number of imide groups is 1. The molecular weight excluding hydrogens is 226 g/mol. The third-order valence-corrected chi connectivity index (χ3v) is 2.67. The molecule has 0 saturated carbocycles. The van der Waals surface area contributed by atoms with E-state index in [4.69, 9.17) is 9.52 Å². The van der Waals surface area contributed by atoms with Gasteiger partial charge in [-0.3, -0.25) is 14.5 Å². The van der Waals surface area contributed by atoms with Crippen LogP contribution >= 0.6 is 0 Å². The average molecular weight is 237 g/mol. The van der Waals surface area contributed by atoms with Crippen LogP contribution in [-0.2, 0) is 16.1 Å². The number of carbonyl (C=O) groups excluding carboxylic acids is 2. The number of rotatable bonds is 3. The highest BCUT2D eigenvalue weighted by molar-refractivity contribution is 6.01. The quantitative estimate of drug-likeness (QED) is 0.790. The van der Waals surface area contributed by atoms with Gasteiger partial charge >= 0.3 is 5.97 Å². The molecule has 17 heavy (non-hydrogen) atoms. The number of hydrogen-bond acceptors (Lipinski definition) is 4. The third kappa shape index (κ3) is 2.06. The highest BCUT2D eigenvalue weighted by atomic mass is 16.4. The van der Waals surface area contributed by atoms with Gasteiger partial charge in [0.25, 0.3) is 0 Å². The predicted molar refractivity (Wildman–Crippen MR) is 55.2 cm³/mol. The normalized spacial score (nSPS) is 15.7. The number of amides is 2. The number of carboxylic acid groups (broad SMARTS) is 1. The van der Waals surface area contributed by atoms with Crippen molar-refractivity contribution in [2.24, 2.45) is 0 Å². The summed E-state index contributed by atoms with van der Waals surface area (Å²) in [5.74, 6) is -1.01. The van der Waals surface area contributed by atoms with E-state index in [0.29, 0.717) is 5.76 Å². The Morgan fingerprint density at radius 2 is 2.00 bits per heavy atom. The Morgan fingerprint density at radius 1 is 1.41 bits per heavy atom. The largest absolute Gasteiger partial charge is 0.478 e. The maximum Gasteiger partial charge on any atom is 0.339 e. The fourth-order valence-corrected chi connectivity index (χ4v) is 1.79. The van der Waals surface area contributed by atoms with E-state index in [1.807, 2.05) is 0 Å². The number of nitrogens with zero attached hydrogens (tertiary/aromatic N) is 1. The molecule has 6 nitrogen and oxygen atoms in total. The van der Waals surface area contributed by atoms with Gasteiger partial charge in [0.1, 0.15) is 17.1 Å². The van der Waals surface area contributed by atoms with Gasteiger partial charge in [0.15, 0.2) is 0 Å². The van der Waals surface area contributed by atoms with Gasteiger partial charge in [-0.05, 0) is 13.0 Å². The van der Waals surface area contributed by atoms with Gasteiger partial charge in [-0.15, -0.1) is 0 Å². The van der Waals surface area contributed by atoms with Crippen LogP contribution < -0.4 is 0 Å². The first-order chi connectivity index (χ1) is 7.99. The molecule has 90 valence electrons. The van der Waals surface area contributed by atoms with Crippen LogP contribution in [0.5, 0.6) is 0 Å². The van der Waals surface area contributed by atoms with Gasteiger partial charge in [0.2, 0.25) is 11.8 Å². The smallest absolute Gasteiger partial charge is 0.339 e. The van der Waals surface area contributed by atoms with E-state index in [1.165, 1.54) is 13.0 Å². The van der Waals surface area contributed by atoms with E-state index in [0.717, 1.165) is 4.90 Å². The lowest BCUT2D eigenvalue weighted by Crippen LogP contribution is -2.28. The summed E-state index contributed by atoms with van der Waals surface area (Å²) < 4.78 is 5.21. The van der Waals surface area contributed by atoms with Crippen molar-refractivity contribution in [1.29, 1.82) is 0 Å². The molecule has 1 aromatic rings. The van der Waals surface area contributed by atoms with E-state index >= 15 is 0 Å². The van der Waals surface area contributed by atoms with Crippen LogP contribution in [0.15, 0.2) is 10.5 Å². The summed E-state index contributed by atoms with van der Waals surface area (Å²) in [6, 6.07) is 1.34. The minimum Gasteiger partial charge on any atom is -0.478 e. The lowest BCUT2D eigenvalue weighted by atomic mass is 10.2. The second-order valence-corrected chi connectivity index (χ2v) is 3.86. The van der Waals surface area contributed by atoms with Crippen molar-refractivity contribution >= 4 is 17.8 Å². The topological polar surface area (TPSA) is 87.8 Å². The number of carboxylic acids is 1. The SMILES string of the molecule is Cc1oc(CN2C(=O)CCC2=O)cc1C(=O)O. The fourth-order valence-electron chi connectivity index (χ4n) is 1.79. The molecule has 1 saturated heterocycles. The highest BCUT2D eigenvalue weighted by Gasteiger charge is 2.30. The van der Waals surface area contributed by atoms with Gasteiger partial charge < -0.3 is 9.52 Å². The highest BCUT2D eigenvalue weighted by Crippen LogP contribution is 2.20. The Bertz CT molecular complexity index is 486. The molecule has 1 aromatic heterocycles. The number of likely N-dealkylation sites (tertiary alicyclic amines) is 1. The van der Waals surface area contributed by atoms with Gasteiger partial charge in [-0.1, -0.05) is 0 Å². The van der Waals surface area contributed by atoms with Crippen molar-refractivity contribution in [2.45, 2.75) is 26.3 Å². The summed E-state index contributed by atoms with van der Waals surface area (Å²) in [6.45, 7) is 1.53. The van der Waals surface area contributed by atoms with Crippen LogP contribution in [0.4, 0.5) is 0 Å². The third-order valence-electron chi connectivity index (χ3n) is 2.67. The number of carbonyl (C=O) groups is 3. The van der Waals surface area contributed by atoms with E-state index in [2.05, 4.69) is 0 Å². The van der Waals surface area contributed by atoms with Crippen molar-refractivity contribution in [3.05, 3.63) is 23.2 Å². The zero-order chi connectivity index (χ0) is 12.6. The Hall–Kier alpha value is -2.11. The molecule has 2 heterocycles. The lowest BCUT2D eigenvalue weighted by Gasteiger charge is -2.10. The Balaban J connectivity index is 2.19. The van der Waals surface area contributed by atoms with Gasteiger partial charge in [0.05, 0.1) is 6.54 Å². The first-order valence-electron chi connectivity index (χ1n) is 5.15. The molecule has 2 amide bonds. The average Bonchev–Trinajstić information content (AvgIpc) is 2.76. The summed E-state index contributed by atoms with van der Waals surface area (Å²) in [6.07, 6.45) is 0.425. The van der Waals surface area contributed by atoms with Crippen molar-refractivity contribution in [1.82, 2.24) is 4.90 Å². The van der Waals surface area contributed by atoms with Crippen molar-refractivity contribution in [2.75, 3.05) is 0 Å². The molecule has 0 unspecified atom stereocenters. The molecule has 0 aliphatic carbocycles. The second kappa shape index (κ2) is 4.04. The van der Waals surface area contributed by atoms with Gasteiger partial charge in [-0.2, -0.15) is 0 Å². The molecule has 0 spiro atoms. The standard InChI is InChI=1S/C11H11NO5/c1-6-8(11(15)16)4-7(17-6)5-12-9(13)2-3-10(12)14/h4H,2-3,5H2,1H3,(H,15,16). The molecule has 2 rings (SSSR count). The summed E-state index contributed by atoms with van der Waals surface area (Å²) in [7, 11) is 0. The second-order valence-electron chi connectivity index (χ2n) is 3.86. The molecule has 0 atom stereocenters. The molecular formula is C11H11NO5. The molecule has 1 fully saturated rings. The molecule has 0 bridgehead atoms. The first kappa shape index (κ1) is 11.4. The summed E-state index contributed by atoms with van der Waals surface area (Å²) >= 11 is 0. The zero-order valence-corrected chi connectivity index (χ0v) is 9.23. The Kier molecular flexibility index (Phi) is 2.71. The zero-order valence-electron chi connectivity index (χ0n) is 9.23. The lowest BCUT2D eigenvalue weighted by molar-refractivity contribution is -0.139. The predicted octanol–water partition coefficient (Wildman–Crippen LogP) is 0.935. The van der Waals surface area contributed by atoms with Crippen molar-refractivity contribution < 1.29 is 23.9 Å². The van der Waals surface area contributed by atoms with Crippen LogP contribution in [0.2, 0.25) is 0 Å². The first-order valence-corrected chi connectivity index (χ1v) is 5.15. The Morgan fingerprint density at radius 3 is 2.47 bits per heavy atom. The van der Waals surface area contributed by atoms with E-state index < -0.39 is 5.97 Å². The fraction of sp³-hybridized carbons (Fsp3) is 0.364. The summed E-state index contributed by atoms with van der Waals surface area (Å²) in [4.78, 5) is 34.6. The van der Waals surface area contributed by atoms with Gasteiger partial charge in [0, 0.05) is 12.8 Å². The van der Waals surface area contributed by atoms with Crippen LogP contribution in [0, 0.1) is 6.92 Å². The monoisotopic (exact) mass is 237 g/mol. The minimum absolute atomic E-state index is 0.00574. The molecule has 1 aliphatic heterocycles. The van der Waals surface area contributed by atoms with Crippen molar-refractivity contribution in [3.63, 3.8) is 0 Å². The number of aryl methyl sites for hydroxylation is 1. The van der Waals surface area contributed by atoms with E-state index in [1.54, 1.807) is 0 Å². The molecule has 6 heteroatoms. The summed E-state index contributed by atoms with van der Waals surface area (Å²) in [5, 5.41) is 8.84. The van der Waals surface area contributed by atoms with Gasteiger partial charge in [-0.25, -0.2) is 4.79 Å². The van der Waals surface area contributed by atoms with Crippen molar-refractivity contribution in [3.8, 4) is 0 Å². The van der Waals surface area contributed by atoms with Crippen LogP contribution in [-0.4, -0.2) is 27.8 Å². The number of aromatic carboxylic acids is 1. The van der Waals surface area contributed by atoms with Crippen LogP contribution in [0.1, 0.15) is 34.7 Å². The maximum atomic E-state index is 11.4.